The molecule has 1 fully saturated rings. The maximum atomic E-state index is 11.7. The minimum absolute atomic E-state index is 0.372. The lowest BCUT2D eigenvalue weighted by atomic mass is 10.1. The topological polar surface area (TPSA) is 98.9 Å². The molecule has 7 heteroatoms. The van der Waals surface area contributed by atoms with Gasteiger partial charge in [-0.1, -0.05) is 0 Å². The van der Waals surface area contributed by atoms with E-state index in [0.29, 0.717) is 6.54 Å². The second-order valence-corrected chi connectivity index (χ2v) is 5.65. The molecule has 1 rings (SSSR count). The molecule has 0 bridgehead atoms. The first-order valence-corrected chi connectivity index (χ1v) is 6.48. The zero-order valence-electron chi connectivity index (χ0n) is 11.8. The fraction of sp³-hybridized carbons (Fsp3) is 0.833. The van der Waals surface area contributed by atoms with E-state index in [1.807, 2.05) is 4.90 Å². The van der Waals surface area contributed by atoms with Crippen LogP contribution in [-0.2, 0) is 4.79 Å². The van der Waals surface area contributed by atoms with Crippen molar-refractivity contribution in [2.24, 2.45) is 5.73 Å². The van der Waals surface area contributed by atoms with Crippen LogP contribution in [0, 0.1) is 0 Å². The zero-order valence-corrected chi connectivity index (χ0v) is 11.8. The Morgan fingerprint density at radius 3 is 2.26 bits per heavy atom. The summed E-state index contributed by atoms with van der Waals surface area (Å²) in [6.07, 6.45) is 0. The molecule has 4 N–H and O–H groups in total. The molecule has 0 aromatic rings. The first kappa shape index (κ1) is 15.9. The number of carbonyl (C=O) groups is 2. The Bertz CT molecular complexity index is 332. The van der Waals surface area contributed by atoms with E-state index in [9.17, 15) is 14.7 Å². The van der Waals surface area contributed by atoms with Crippen LogP contribution < -0.4 is 11.1 Å². The van der Waals surface area contributed by atoms with Crippen LogP contribution in [0.3, 0.4) is 0 Å². The number of β-amino-alcohol motifs (C(OH)–C–C–N with tert-alkyl or cyclic N) is 1. The number of piperazine rings is 1. The van der Waals surface area contributed by atoms with Gasteiger partial charge in [0, 0.05) is 32.7 Å². The number of carbonyl (C=O) groups excluding carboxylic acids is 2. The van der Waals surface area contributed by atoms with Gasteiger partial charge in [0.15, 0.2) is 0 Å². The smallest absolute Gasteiger partial charge is 0.318 e. The second kappa shape index (κ2) is 6.31. The van der Waals surface area contributed by atoms with Crippen molar-refractivity contribution in [3.63, 3.8) is 0 Å². The number of hydrogen-bond acceptors (Lipinski definition) is 5. The van der Waals surface area contributed by atoms with Crippen LogP contribution in [-0.4, -0.2) is 71.2 Å². The summed E-state index contributed by atoms with van der Waals surface area (Å²) in [6, 6.07) is -1.20. The van der Waals surface area contributed by atoms with Crippen LogP contribution in [0.1, 0.15) is 20.8 Å². The van der Waals surface area contributed by atoms with E-state index >= 15 is 0 Å². The summed E-state index contributed by atoms with van der Waals surface area (Å²) in [4.78, 5) is 26.5. The summed E-state index contributed by atoms with van der Waals surface area (Å²) in [5.74, 6) is -0.372. The van der Waals surface area contributed by atoms with Crippen molar-refractivity contribution in [1.82, 2.24) is 15.1 Å². The van der Waals surface area contributed by atoms with Crippen LogP contribution in [0.15, 0.2) is 0 Å². The Hall–Kier alpha value is -1.18. The molecule has 0 aromatic heterocycles. The number of aliphatic hydroxyl groups is 1. The number of nitrogens with zero attached hydrogens (tertiary/aromatic N) is 2. The van der Waals surface area contributed by atoms with Gasteiger partial charge in [-0.05, 0) is 20.8 Å². The molecule has 0 aromatic carbocycles. The normalized spacial score (nSPS) is 20.0. The fourth-order valence-corrected chi connectivity index (χ4v) is 2.25. The van der Waals surface area contributed by atoms with Crippen molar-refractivity contribution < 1.29 is 14.7 Å². The van der Waals surface area contributed by atoms with Crippen molar-refractivity contribution in [1.29, 1.82) is 0 Å². The SMILES string of the molecule is CC(C(=O)NC(N)=O)N1CCN(CC(C)(C)O)CC1. The van der Waals surface area contributed by atoms with Gasteiger partial charge in [0.05, 0.1) is 11.6 Å². The van der Waals surface area contributed by atoms with Gasteiger partial charge in [0.2, 0.25) is 5.91 Å². The number of urea groups is 1. The Kier molecular flexibility index (Phi) is 5.28. The molecular weight excluding hydrogens is 248 g/mol. The fourth-order valence-electron chi connectivity index (χ4n) is 2.25. The number of nitrogens with two attached hydrogens (primary N) is 1. The van der Waals surface area contributed by atoms with Gasteiger partial charge >= 0.3 is 6.03 Å². The molecule has 1 heterocycles. The Morgan fingerprint density at radius 2 is 1.84 bits per heavy atom. The molecule has 1 saturated heterocycles. The quantitative estimate of drug-likeness (QED) is 0.607. The van der Waals surface area contributed by atoms with Crippen LogP contribution in [0.4, 0.5) is 4.79 Å². The lowest BCUT2D eigenvalue weighted by molar-refractivity contribution is -0.125. The van der Waals surface area contributed by atoms with E-state index < -0.39 is 11.6 Å². The maximum absolute atomic E-state index is 11.7. The average molecular weight is 272 g/mol. The van der Waals surface area contributed by atoms with Crippen LogP contribution >= 0.6 is 0 Å². The summed E-state index contributed by atoms with van der Waals surface area (Å²) < 4.78 is 0. The highest BCUT2D eigenvalue weighted by atomic mass is 16.3. The molecule has 1 atom stereocenters. The van der Waals surface area contributed by atoms with Gasteiger partial charge in [0.25, 0.3) is 0 Å². The predicted molar refractivity (Wildman–Crippen MR) is 71.5 cm³/mol. The van der Waals surface area contributed by atoms with Gasteiger partial charge in [-0.2, -0.15) is 0 Å². The number of nitrogens with one attached hydrogen (secondary N) is 1. The maximum Gasteiger partial charge on any atom is 0.318 e. The Morgan fingerprint density at radius 1 is 1.32 bits per heavy atom. The van der Waals surface area contributed by atoms with Crippen molar-refractivity contribution >= 4 is 11.9 Å². The van der Waals surface area contributed by atoms with Crippen LogP contribution in [0.2, 0.25) is 0 Å². The third-order valence-corrected chi connectivity index (χ3v) is 3.19. The monoisotopic (exact) mass is 272 g/mol. The third-order valence-electron chi connectivity index (χ3n) is 3.19. The van der Waals surface area contributed by atoms with Crippen molar-refractivity contribution in [3.05, 3.63) is 0 Å². The van der Waals surface area contributed by atoms with E-state index in [1.165, 1.54) is 0 Å². The number of primary amides is 1. The number of imide groups is 1. The second-order valence-electron chi connectivity index (χ2n) is 5.65. The molecule has 3 amide bonds. The van der Waals surface area contributed by atoms with Gasteiger partial charge in [-0.15, -0.1) is 0 Å². The molecule has 0 spiro atoms. The molecule has 0 radical (unpaired) electrons. The Labute approximate surface area is 113 Å². The number of hydrogen-bond donors (Lipinski definition) is 3. The first-order chi connectivity index (χ1) is 8.69. The highest BCUT2D eigenvalue weighted by molar-refractivity contribution is 5.96. The zero-order chi connectivity index (χ0) is 14.6. The molecule has 0 saturated carbocycles. The lowest BCUT2D eigenvalue weighted by Crippen LogP contribution is -2.56. The summed E-state index contributed by atoms with van der Waals surface area (Å²) in [6.45, 7) is 8.96. The Balaban J connectivity index is 2.41. The minimum Gasteiger partial charge on any atom is -0.389 e. The van der Waals surface area contributed by atoms with Gasteiger partial charge in [-0.3, -0.25) is 19.9 Å². The van der Waals surface area contributed by atoms with Crippen molar-refractivity contribution in [2.75, 3.05) is 32.7 Å². The predicted octanol–water partition coefficient (Wildman–Crippen LogP) is -1.04. The minimum atomic E-state index is -0.822. The van der Waals surface area contributed by atoms with E-state index in [2.05, 4.69) is 10.2 Å². The largest absolute Gasteiger partial charge is 0.389 e. The summed E-state index contributed by atoms with van der Waals surface area (Å²) in [7, 11) is 0. The lowest BCUT2D eigenvalue weighted by Gasteiger charge is -2.39. The van der Waals surface area contributed by atoms with Crippen LogP contribution in [0.25, 0.3) is 0 Å². The summed E-state index contributed by atoms with van der Waals surface area (Å²) >= 11 is 0. The highest BCUT2D eigenvalue weighted by Gasteiger charge is 2.28. The first-order valence-electron chi connectivity index (χ1n) is 6.48. The third kappa shape index (κ3) is 5.54. The van der Waals surface area contributed by atoms with Crippen molar-refractivity contribution in [3.8, 4) is 0 Å². The molecule has 1 aliphatic rings. The van der Waals surface area contributed by atoms with E-state index in [0.717, 1.165) is 26.2 Å². The van der Waals surface area contributed by atoms with E-state index in [1.54, 1.807) is 20.8 Å². The molecule has 7 nitrogen and oxygen atoms in total. The van der Waals surface area contributed by atoms with Crippen molar-refractivity contribution in [2.45, 2.75) is 32.4 Å². The number of amides is 3. The molecular formula is C12H24N4O3. The van der Waals surface area contributed by atoms with E-state index in [4.69, 9.17) is 5.73 Å². The van der Waals surface area contributed by atoms with Gasteiger partial charge < -0.3 is 10.8 Å². The molecule has 19 heavy (non-hydrogen) atoms. The molecule has 1 unspecified atom stereocenters. The summed E-state index contributed by atoms with van der Waals surface area (Å²) in [5.41, 5.74) is 4.22. The molecule has 1 aliphatic heterocycles. The standard InChI is InChI=1S/C12H24N4O3/c1-9(10(17)14-11(13)18)16-6-4-15(5-7-16)8-12(2,3)19/h9,19H,4-8H2,1-3H3,(H3,13,14,17,18). The van der Waals surface area contributed by atoms with Gasteiger partial charge in [-0.25, -0.2) is 4.79 Å². The van der Waals surface area contributed by atoms with Crippen LogP contribution in [0.5, 0.6) is 0 Å². The summed E-state index contributed by atoms with van der Waals surface area (Å²) in [5, 5.41) is 11.9. The van der Waals surface area contributed by atoms with Gasteiger partial charge in [0.1, 0.15) is 0 Å². The molecule has 0 aliphatic carbocycles. The highest BCUT2D eigenvalue weighted by Crippen LogP contribution is 2.10. The van der Waals surface area contributed by atoms with E-state index in [-0.39, 0.29) is 11.9 Å². The molecule has 110 valence electrons. The number of rotatable bonds is 4. The average Bonchev–Trinajstić information content (AvgIpc) is 2.26.